The molecule has 324 valence electrons. The van der Waals surface area contributed by atoms with Crippen LogP contribution in [0.3, 0.4) is 0 Å². The first-order valence-corrected chi connectivity index (χ1v) is 18.8. The Morgan fingerprint density at radius 2 is 0.820 bits per heavy atom. The van der Waals surface area contributed by atoms with Crippen LogP contribution in [-0.2, 0) is 32.2 Å². The zero-order chi connectivity index (χ0) is 45.2. The second kappa shape index (κ2) is 20.2. The smallest absolute Gasteiger partial charge is 0.416 e. The zero-order valence-electron chi connectivity index (χ0n) is 34.4. The van der Waals surface area contributed by atoms with E-state index in [1.807, 2.05) is 53.7 Å². The third-order valence-electron chi connectivity index (χ3n) is 9.46. The fourth-order valence-corrected chi connectivity index (χ4v) is 5.82. The molecular weight excluding hydrogens is 807 g/mol. The molecule has 0 bridgehead atoms. The van der Waals surface area contributed by atoms with Crippen LogP contribution in [-0.4, -0.2) is 0 Å². The lowest BCUT2D eigenvalue weighted by Crippen LogP contribution is -2.06. The molecule has 6 N–H and O–H groups in total. The molecule has 0 aliphatic carbocycles. The Kier molecular flexibility index (Phi) is 15.7. The summed E-state index contributed by atoms with van der Waals surface area (Å²) in [4.78, 5) is 0. The lowest BCUT2D eigenvalue weighted by Gasteiger charge is -2.12. The minimum Gasteiger partial charge on any atom is -0.489 e. The van der Waals surface area contributed by atoms with Crippen molar-refractivity contribution in [2.45, 2.75) is 73.7 Å². The van der Waals surface area contributed by atoms with E-state index in [2.05, 4.69) is 0 Å². The third kappa shape index (κ3) is 13.8. The molecule has 0 radical (unpaired) electrons. The molecule has 61 heavy (non-hydrogen) atoms. The van der Waals surface area contributed by atoms with Gasteiger partial charge in [0.25, 0.3) is 0 Å². The van der Waals surface area contributed by atoms with Gasteiger partial charge in [0.1, 0.15) is 48.7 Å². The van der Waals surface area contributed by atoms with Crippen LogP contribution < -0.4 is 31.4 Å². The highest BCUT2D eigenvalue weighted by Gasteiger charge is 2.31. The maximum Gasteiger partial charge on any atom is 0.416 e. The molecule has 0 atom stereocenters. The molecule has 0 aliphatic heterocycles. The number of anilines is 3. The predicted molar refractivity (Wildman–Crippen MR) is 223 cm³/mol. The van der Waals surface area contributed by atoms with Gasteiger partial charge < -0.3 is 31.4 Å². The van der Waals surface area contributed by atoms with E-state index in [1.54, 1.807) is 30.3 Å². The number of nitrogens with two attached hydrogens (primary N) is 3. The van der Waals surface area contributed by atoms with Gasteiger partial charge in [-0.2, -0.15) is 26.3 Å². The average Bonchev–Trinajstić information content (AvgIpc) is 3.19. The number of benzene rings is 6. The summed E-state index contributed by atoms with van der Waals surface area (Å²) >= 11 is 0. The van der Waals surface area contributed by atoms with Crippen molar-refractivity contribution in [3.63, 3.8) is 0 Å². The van der Waals surface area contributed by atoms with Crippen LogP contribution in [0, 0.1) is 53.2 Å². The van der Waals surface area contributed by atoms with Crippen LogP contribution in [0.4, 0.5) is 52.2 Å². The Balaban J connectivity index is 0.000000202. The number of rotatable bonds is 9. The first-order valence-electron chi connectivity index (χ1n) is 18.8. The van der Waals surface area contributed by atoms with Crippen molar-refractivity contribution in [3.05, 3.63) is 176 Å². The standard InChI is InChI=1S/2C16H16F3NO.C15H15F2NO/c1-10-7-14(8-11(2)15(10)20)21-9-12-3-5-13(6-4-12)16(17,18)19;1-10-6-14(7-11(2)15(10)20)21-9-12-4-3-5-13(8-12)16(17,18)19;1-9-5-13(6-10(2)15(9)18)19-8-11-3-4-12(16)7-14(11)17/h2*3-8H,9,20H2,1-2H3;3-7H,8,18H2,1-2H3. The highest BCUT2D eigenvalue weighted by Crippen LogP contribution is 2.32. The van der Waals surface area contributed by atoms with Crippen LogP contribution >= 0.6 is 0 Å². The van der Waals surface area contributed by atoms with Gasteiger partial charge in [0.15, 0.2) is 0 Å². The van der Waals surface area contributed by atoms with Crippen LogP contribution in [0.1, 0.15) is 61.2 Å². The predicted octanol–water partition coefficient (Wildman–Crippen LogP) is 12.7. The number of ether oxygens (including phenoxy) is 3. The molecule has 0 heterocycles. The number of hydrogen-bond donors (Lipinski definition) is 3. The lowest BCUT2D eigenvalue weighted by molar-refractivity contribution is -0.138. The summed E-state index contributed by atoms with van der Waals surface area (Å²) in [5, 5.41) is 0. The molecule has 0 spiro atoms. The number of nitrogen functional groups attached to an aromatic ring is 3. The van der Waals surface area contributed by atoms with Crippen LogP contribution in [0.15, 0.2) is 103 Å². The van der Waals surface area contributed by atoms with Crippen molar-refractivity contribution < 1.29 is 49.3 Å². The van der Waals surface area contributed by atoms with E-state index in [-0.39, 0.29) is 19.8 Å². The van der Waals surface area contributed by atoms with E-state index in [9.17, 15) is 35.1 Å². The highest BCUT2D eigenvalue weighted by molar-refractivity contribution is 5.57. The van der Waals surface area contributed by atoms with Gasteiger partial charge in [0, 0.05) is 28.7 Å². The minimum atomic E-state index is -4.34. The summed E-state index contributed by atoms with van der Waals surface area (Å²) in [5.41, 5.74) is 25.2. The van der Waals surface area contributed by atoms with Crippen molar-refractivity contribution in [1.82, 2.24) is 0 Å². The van der Waals surface area contributed by atoms with Crippen LogP contribution in [0.2, 0.25) is 0 Å². The maximum absolute atomic E-state index is 13.4. The second-order valence-corrected chi connectivity index (χ2v) is 14.4. The summed E-state index contributed by atoms with van der Waals surface area (Å²) in [6, 6.07) is 24.3. The number of alkyl halides is 6. The average molecular weight is 854 g/mol. The van der Waals surface area contributed by atoms with Gasteiger partial charge in [0.2, 0.25) is 0 Å². The van der Waals surface area contributed by atoms with Gasteiger partial charge in [-0.1, -0.05) is 24.3 Å². The fourth-order valence-electron chi connectivity index (χ4n) is 5.82. The summed E-state index contributed by atoms with van der Waals surface area (Å²) in [6.07, 6.45) is -8.66. The monoisotopic (exact) mass is 853 g/mol. The highest BCUT2D eigenvalue weighted by atomic mass is 19.4. The van der Waals surface area contributed by atoms with Gasteiger partial charge in [0.05, 0.1) is 11.1 Å². The van der Waals surface area contributed by atoms with Gasteiger partial charge in [-0.05, 0) is 159 Å². The molecule has 0 saturated carbocycles. The van der Waals surface area contributed by atoms with Crippen molar-refractivity contribution in [2.24, 2.45) is 0 Å². The summed E-state index contributed by atoms with van der Waals surface area (Å²) in [5.74, 6) is 0.660. The zero-order valence-corrected chi connectivity index (χ0v) is 34.4. The third-order valence-corrected chi connectivity index (χ3v) is 9.46. The van der Waals surface area contributed by atoms with Crippen molar-refractivity contribution >= 4 is 17.1 Å². The fraction of sp³-hybridized carbons (Fsp3) is 0.234. The first-order chi connectivity index (χ1) is 28.5. The summed E-state index contributed by atoms with van der Waals surface area (Å²) in [7, 11) is 0. The lowest BCUT2D eigenvalue weighted by atomic mass is 10.1. The number of halogens is 8. The number of aryl methyl sites for hydroxylation is 6. The van der Waals surface area contributed by atoms with Crippen molar-refractivity contribution in [3.8, 4) is 17.2 Å². The largest absolute Gasteiger partial charge is 0.489 e. The van der Waals surface area contributed by atoms with E-state index >= 15 is 0 Å². The summed E-state index contributed by atoms with van der Waals surface area (Å²) in [6.45, 7) is 11.6. The normalized spacial score (nSPS) is 11.2. The Morgan fingerprint density at radius 1 is 0.426 bits per heavy atom. The van der Waals surface area contributed by atoms with Gasteiger partial charge >= 0.3 is 12.4 Å². The Morgan fingerprint density at radius 3 is 1.21 bits per heavy atom. The van der Waals surface area contributed by atoms with Gasteiger partial charge in [-0.3, -0.25) is 0 Å². The van der Waals surface area contributed by atoms with E-state index in [0.29, 0.717) is 39.6 Å². The molecule has 0 amide bonds. The van der Waals surface area contributed by atoms with E-state index in [4.69, 9.17) is 31.4 Å². The molecule has 0 aliphatic rings. The molecule has 0 aromatic heterocycles. The second-order valence-electron chi connectivity index (χ2n) is 14.4. The van der Waals surface area contributed by atoms with Crippen LogP contribution in [0.5, 0.6) is 17.2 Å². The maximum atomic E-state index is 13.4. The quantitative estimate of drug-likeness (QED) is 0.0988. The molecule has 0 unspecified atom stereocenters. The topological polar surface area (TPSA) is 106 Å². The van der Waals surface area contributed by atoms with E-state index < -0.39 is 35.1 Å². The van der Waals surface area contributed by atoms with E-state index in [1.165, 1.54) is 30.3 Å². The molecule has 0 saturated heterocycles. The molecule has 6 nitrogen and oxygen atoms in total. The summed E-state index contributed by atoms with van der Waals surface area (Å²) < 4.78 is 118. The minimum absolute atomic E-state index is 0.0505. The molecule has 6 aromatic carbocycles. The number of hydrogen-bond acceptors (Lipinski definition) is 6. The molecule has 0 fully saturated rings. The first kappa shape index (κ1) is 47.2. The Labute approximate surface area is 349 Å². The van der Waals surface area contributed by atoms with Crippen molar-refractivity contribution in [1.29, 1.82) is 0 Å². The van der Waals surface area contributed by atoms with Gasteiger partial charge in [-0.15, -0.1) is 0 Å². The Bertz CT molecular complexity index is 2360. The SMILES string of the molecule is Cc1cc(OCc2ccc(C(F)(F)F)cc2)cc(C)c1N.Cc1cc(OCc2ccc(F)cc2F)cc(C)c1N.Cc1cc(OCc2cccc(C(F)(F)F)c2)cc(C)c1N. The molecular formula is C47H47F8N3O3. The Hall–Kier alpha value is -6.44. The molecule has 6 aromatic rings. The van der Waals surface area contributed by atoms with E-state index in [0.717, 1.165) is 75.1 Å². The molecule has 14 heteroatoms. The molecule has 6 rings (SSSR count). The van der Waals surface area contributed by atoms with Crippen molar-refractivity contribution in [2.75, 3.05) is 17.2 Å². The van der Waals surface area contributed by atoms with Gasteiger partial charge in [-0.25, -0.2) is 8.78 Å². The van der Waals surface area contributed by atoms with Crippen LogP contribution in [0.25, 0.3) is 0 Å².